The molecule has 14 heavy (non-hydrogen) atoms. The van der Waals surface area contributed by atoms with E-state index in [2.05, 4.69) is 30.3 Å². The Hall–Kier alpha value is -1.76. The molecule has 0 amide bonds. The van der Waals surface area contributed by atoms with Gasteiger partial charge in [-0.25, -0.2) is 4.68 Å². The molecule has 0 aromatic carbocycles. The minimum absolute atomic E-state index is 0.479. The highest BCUT2D eigenvalue weighted by Crippen LogP contribution is 1.96. The minimum atomic E-state index is 0.479. The number of hydrogen-bond acceptors (Lipinski definition) is 6. The number of aromatic nitrogens is 5. The van der Waals surface area contributed by atoms with Gasteiger partial charge in [0.05, 0.1) is 11.9 Å². The van der Waals surface area contributed by atoms with Crippen molar-refractivity contribution in [3.8, 4) is 0 Å². The first kappa shape index (κ1) is 8.82. The standard InChI is InChI=1S/C7H10N6O/c1-8-2-6-3-13(12-10-6)4-7-9-5-14-11-7/h3,5,8H,2,4H2,1H3. The van der Waals surface area contributed by atoms with Gasteiger partial charge in [-0.3, -0.25) is 0 Å². The number of nitrogens with one attached hydrogen (secondary N) is 1. The van der Waals surface area contributed by atoms with E-state index in [0.29, 0.717) is 18.9 Å². The molecule has 7 heteroatoms. The fourth-order valence-electron chi connectivity index (χ4n) is 1.08. The fraction of sp³-hybridized carbons (Fsp3) is 0.429. The van der Waals surface area contributed by atoms with E-state index in [4.69, 9.17) is 0 Å². The highest BCUT2D eigenvalue weighted by Gasteiger charge is 2.03. The normalized spacial score (nSPS) is 10.6. The molecule has 2 aromatic rings. The van der Waals surface area contributed by atoms with Crippen molar-refractivity contribution in [3.05, 3.63) is 24.1 Å². The summed E-state index contributed by atoms with van der Waals surface area (Å²) in [6.45, 7) is 1.18. The lowest BCUT2D eigenvalue weighted by molar-refractivity contribution is 0.406. The Morgan fingerprint density at radius 1 is 1.57 bits per heavy atom. The van der Waals surface area contributed by atoms with Gasteiger partial charge in [0.25, 0.3) is 0 Å². The predicted molar refractivity (Wildman–Crippen MR) is 46.2 cm³/mol. The molecule has 0 aliphatic heterocycles. The van der Waals surface area contributed by atoms with E-state index in [1.54, 1.807) is 4.68 Å². The van der Waals surface area contributed by atoms with Crippen LogP contribution in [0.2, 0.25) is 0 Å². The van der Waals surface area contributed by atoms with Crippen molar-refractivity contribution in [1.82, 2.24) is 30.5 Å². The van der Waals surface area contributed by atoms with E-state index in [-0.39, 0.29) is 0 Å². The van der Waals surface area contributed by atoms with E-state index < -0.39 is 0 Å². The van der Waals surface area contributed by atoms with Crippen LogP contribution in [-0.2, 0) is 13.1 Å². The van der Waals surface area contributed by atoms with E-state index >= 15 is 0 Å². The molecular formula is C7H10N6O. The zero-order valence-electron chi connectivity index (χ0n) is 7.71. The molecule has 2 rings (SSSR count). The first-order chi connectivity index (χ1) is 6.88. The van der Waals surface area contributed by atoms with Crippen LogP contribution < -0.4 is 5.32 Å². The molecular weight excluding hydrogens is 184 g/mol. The van der Waals surface area contributed by atoms with Gasteiger partial charge in [-0.05, 0) is 7.05 Å². The maximum absolute atomic E-state index is 4.61. The molecule has 0 aliphatic carbocycles. The summed E-state index contributed by atoms with van der Waals surface area (Å²) in [5, 5.41) is 14.5. The van der Waals surface area contributed by atoms with Crippen LogP contribution in [0.5, 0.6) is 0 Å². The second kappa shape index (κ2) is 3.97. The van der Waals surface area contributed by atoms with Gasteiger partial charge in [-0.2, -0.15) is 4.98 Å². The van der Waals surface area contributed by atoms with Gasteiger partial charge in [0.2, 0.25) is 6.39 Å². The lowest BCUT2D eigenvalue weighted by Gasteiger charge is -1.92. The average molecular weight is 194 g/mol. The number of nitrogens with zero attached hydrogens (tertiary/aromatic N) is 5. The third-order valence-electron chi connectivity index (χ3n) is 1.65. The second-order valence-electron chi connectivity index (χ2n) is 2.79. The molecule has 0 spiro atoms. The molecule has 0 fully saturated rings. The Labute approximate surface area is 80.1 Å². The lowest BCUT2D eigenvalue weighted by atomic mass is 10.5. The van der Waals surface area contributed by atoms with Crippen LogP contribution in [0.1, 0.15) is 11.5 Å². The van der Waals surface area contributed by atoms with E-state index in [0.717, 1.165) is 5.69 Å². The Balaban J connectivity index is 2.03. The molecule has 0 bridgehead atoms. The van der Waals surface area contributed by atoms with Crippen molar-refractivity contribution in [1.29, 1.82) is 0 Å². The Morgan fingerprint density at radius 3 is 3.21 bits per heavy atom. The zero-order valence-corrected chi connectivity index (χ0v) is 7.71. The Bertz CT molecular complexity index is 381. The topological polar surface area (TPSA) is 81.7 Å². The van der Waals surface area contributed by atoms with Crippen molar-refractivity contribution in [2.45, 2.75) is 13.1 Å². The first-order valence-electron chi connectivity index (χ1n) is 4.17. The van der Waals surface area contributed by atoms with Crippen LogP contribution in [0.15, 0.2) is 17.1 Å². The van der Waals surface area contributed by atoms with Gasteiger partial charge in [0, 0.05) is 6.54 Å². The molecule has 2 heterocycles. The van der Waals surface area contributed by atoms with Crippen LogP contribution in [0, 0.1) is 0 Å². The quantitative estimate of drug-likeness (QED) is 0.701. The van der Waals surface area contributed by atoms with Gasteiger partial charge < -0.3 is 9.84 Å². The van der Waals surface area contributed by atoms with Crippen LogP contribution >= 0.6 is 0 Å². The molecule has 1 N–H and O–H groups in total. The van der Waals surface area contributed by atoms with Crippen molar-refractivity contribution in [3.63, 3.8) is 0 Å². The summed E-state index contributed by atoms with van der Waals surface area (Å²) in [5.41, 5.74) is 0.885. The average Bonchev–Trinajstić information content (AvgIpc) is 2.79. The second-order valence-corrected chi connectivity index (χ2v) is 2.79. The molecule has 0 aliphatic rings. The van der Waals surface area contributed by atoms with Gasteiger partial charge in [0.15, 0.2) is 5.82 Å². The van der Waals surface area contributed by atoms with Gasteiger partial charge in [-0.1, -0.05) is 10.4 Å². The summed E-state index contributed by atoms with van der Waals surface area (Å²) < 4.78 is 6.27. The molecule has 0 saturated carbocycles. The van der Waals surface area contributed by atoms with Crippen molar-refractivity contribution < 1.29 is 4.52 Å². The predicted octanol–water partition coefficient (Wildman–Crippen LogP) is -0.571. The molecule has 74 valence electrons. The highest BCUT2D eigenvalue weighted by molar-refractivity contribution is 4.92. The van der Waals surface area contributed by atoms with Crippen LogP contribution in [-0.4, -0.2) is 32.2 Å². The largest absolute Gasteiger partial charge is 0.343 e. The van der Waals surface area contributed by atoms with Gasteiger partial charge >= 0.3 is 0 Å². The summed E-state index contributed by atoms with van der Waals surface area (Å²) in [6, 6.07) is 0. The fourth-order valence-corrected chi connectivity index (χ4v) is 1.08. The highest BCUT2D eigenvalue weighted by atomic mass is 16.5. The summed E-state index contributed by atoms with van der Waals surface area (Å²) in [7, 11) is 1.86. The van der Waals surface area contributed by atoms with Gasteiger partial charge in [0.1, 0.15) is 6.54 Å². The Kier molecular flexibility index (Phi) is 2.50. The summed E-state index contributed by atoms with van der Waals surface area (Å²) in [6.07, 6.45) is 3.13. The van der Waals surface area contributed by atoms with E-state index in [9.17, 15) is 0 Å². The molecule has 0 saturated heterocycles. The molecule has 0 radical (unpaired) electrons. The molecule has 2 aromatic heterocycles. The summed E-state index contributed by atoms with van der Waals surface area (Å²) >= 11 is 0. The molecule has 0 atom stereocenters. The van der Waals surface area contributed by atoms with Crippen molar-refractivity contribution in [2.75, 3.05) is 7.05 Å². The Morgan fingerprint density at radius 2 is 2.50 bits per heavy atom. The maximum atomic E-state index is 4.61. The number of hydrogen-bond donors (Lipinski definition) is 1. The third kappa shape index (κ3) is 1.94. The van der Waals surface area contributed by atoms with E-state index in [1.165, 1.54) is 6.39 Å². The monoisotopic (exact) mass is 194 g/mol. The van der Waals surface area contributed by atoms with Gasteiger partial charge in [-0.15, -0.1) is 5.10 Å². The van der Waals surface area contributed by atoms with Crippen LogP contribution in [0.25, 0.3) is 0 Å². The molecule has 7 nitrogen and oxygen atoms in total. The van der Waals surface area contributed by atoms with Crippen LogP contribution in [0.4, 0.5) is 0 Å². The number of rotatable bonds is 4. The summed E-state index contributed by atoms with van der Waals surface area (Å²) in [4.78, 5) is 3.88. The van der Waals surface area contributed by atoms with Crippen LogP contribution in [0.3, 0.4) is 0 Å². The van der Waals surface area contributed by atoms with Crippen molar-refractivity contribution >= 4 is 0 Å². The van der Waals surface area contributed by atoms with Crippen molar-refractivity contribution in [2.24, 2.45) is 0 Å². The first-order valence-corrected chi connectivity index (χ1v) is 4.17. The maximum Gasteiger partial charge on any atom is 0.213 e. The third-order valence-corrected chi connectivity index (χ3v) is 1.65. The minimum Gasteiger partial charge on any atom is -0.343 e. The zero-order chi connectivity index (χ0) is 9.80. The molecule has 0 unspecified atom stereocenters. The summed E-state index contributed by atoms with van der Waals surface area (Å²) in [5.74, 6) is 0.589. The lowest BCUT2D eigenvalue weighted by Crippen LogP contribution is -2.05. The smallest absolute Gasteiger partial charge is 0.213 e. The SMILES string of the molecule is CNCc1cn(Cc2ncon2)nn1. The van der Waals surface area contributed by atoms with E-state index in [1.807, 2.05) is 13.2 Å².